The molecule has 0 aliphatic carbocycles. The summed E-state index contributed by atoms with van der Waals surface area (Å²) >= 11 is 0. The Labute approximate surface area is 174 Å². The van der Waals surface area contributed by atoms with Crippen LogP contribution in [0.5, 0.6) is 0 Å². The van der Waals surface area contributed by atoms with E-state index >= 15 is 0 Å². The van der Waals surface area contributed by atoms with Crippen molar-refractivity contribution in [3.63, 3.8) is 0 Å². The Bertz CT molecular complexity index is 1650. The predicted molar refractivity (Wildman–Crippen MR) is 123 cm³/mol. The molecule has 0 saturated carbocycles. The minimum atomic E-state index is -0.190. The SMILES string of the molecule is Cc1cc2c3cc(F)ccc3n3c4cc(C(C)C)cc5cc[n+](C)c(c(c1C)c23)c54. The zero-order chi connectivity index (χ0) is 20.9. The number of aromatic nitrogens is 2. The van der Waals surface area contributed by atoms with Gasteiger partial charge in [-0.2, -0.15) is 0 Å². The van der Waals surface area contributed by atoms with E-state index in [1.165, 1.54) is 49.4 Å². The summed E-state index contributed by atoms with van der Waals surface area (Å²) in [7, 11) is 2.13. The molecule has 0 spiro atoms. The number of benzene rings is 3. The molecular formula is C27H24FN2+. The van der Waals surface area contributed by atoms with Crippen LogP contribution in [0.25, 0.3) is 49.0 Å². The van der Waals surface area contributed by atoms with E-state index in [4.69, 9.17) is 0 Å². The molecule has 6 aromatic rings. The van der Waals surface area contributed by atoms with Crippen molar-refractivity contribution in [1.29, 1.82) is 0 Å². The van der Waals surface area contributed by atoms with Crippen LogP contribution in [0.15, 0.2) is 48.7 Å². The first-order valence-corrected chi connectivity index (χ1v) is 10.6. The third-order valence-electron chi connectivity index (χ3n) is 6.91. The summed E-state index contributed by atoms with van der Waals surface area (Å²) in [5, 5.41) is 5.90. The minimum absolute atomic E-state index is 0.190. The van der Waals surface area contributed by atoms with E-state index in [0.717, 1.165) is 16.3 Å². The van der Waals surface area contributed by atoms with Gasteiger partial charge in [0.15, 0.2) is 6.20 Å². The monoisotopic (exact) mass is 395 g/mol. The first-order valence-electron chi connectivity index (χ1n) is 10.6. The van der Waals surface area contributed by atoms with Gasteiger partial charge in [0.2, 0.25) is 5.52 Å². The first-order chi connectivity index (χ1) is 14.4. The molecule has 0 amide bonds. The number of nitrogens with zero attached hydrogens (tertiary/aromatic N) is 2. The lowest BCUT2D eigenvalue weighted by Gasteiger charge is -2.16. The van der Waals surface area contributed by atoms with Crippen molar-refractivity contribution in [1.82, 2.24) is 4.40 Å². The Hall–Kier alpha value is -3.20. The highest BCUT2D eigenvalue weighted by molar-refractivity contribution is 6.26. The summed E-state index contributed by atoms with van der Waals surface area (Å²) in [5.74, 6) is 0.240. The second kappa shape index (κ2) is 5.69. The fraction of sp³-hybridized carbons (Fsp3) is 0.222. The quantitative estimate of drug-likeness (QED) is 0.166. The number of hydrogen-bond acceptors (Lipinski definition) is 0. The van der Waals surface area contributed by atoms with Crippen LogP contribution in [-0.4, -0.2) is 4.40 Å². The van der Waals surface area contributed by atoms with Gasteiger partial charge in [-0.3, -0.25) is 0 Å². The summed E-state index contributed by atoms with van der Waals surface area (Å²) < 4.78 is 18.9. The van der Waals surface area contributed by atoms with Crippen molar-refractivity contribution < 1.29 is 8.96 Å². The molecule has 30 heavy (non-hydrogen) atoms. The van der Waals surface area contributed by atoms with Crippen LogP contribution in [0.2, 0.25) is 0 Å². The Morgan fingerprint density at radius 1 is 0.900 bits per heavy atom. The summed E-state index contributed by atoms with van der Waals surface area (Å²) in [6, 6.07) is 14.3. The number of halogens is 1. The van der Waals surface area contributed by atoms with Crippen LogP contribution in [0.3, 0.4) is 0 Å². The van der Waals surface area contributed by atoms with Gasteiger partial charge in [0.25, 0.3) is 0 Å². The second-order valence-electron chi connectivity index (χ2n) is 9.02. The van der Waals surface area contributed by atoms with Crippen LogP contribution in [0, 0.1) is 19.7 Å². The summed E-state index contributed by atoms with van der Waals surface area (Å²) in [4.78, 5) is 0. The molecule has 0 atom stereocenters. The molecule has 3 heteroatoms. The number of pyridine rings is 2. The van der Waals surface area contributed by atoms with E-state index in [9.17, 15) is 4.39 Å². The van der Waals surface area contributed by atoms with Gasteiger partial charge in [-0.05, 0) is 72.2 Å². The van der Waals surface area contributed by atoms with E-state index < -0.39 is 0 Å². The molecule has 6 rings (SSSR count). The van der Waals surface area contributed by atoms with Crippen LogP contribution in [0.4, 0.5) is 4.39 Å². The Kier molecular flexibility index (Phi) is 3.35. The molecule has 0 fully saturated rings. The lowest BCUT2D eigenvalue weighted by Crippen LogP contribution is -2.29. The van der Waals surface area contributed by atoms with E-state index in [1.807, 2.05) is 6.07 Å². The van der Waals surface area contributed by atoms with Crippen molar-refractivity contribution in [2.24, 2.45) is 7.05 Å². The summed E-state index contributed by atoms with van der Waals surface area (Å²) in [5.41, 5.74) is 8.55. The average Bonchev–Trinajstić information content (AvgIpc) is 3.03. The fourth-order valence-corrected chi connectivity index (χ4v) is 5.23. The third kappa shape index (κ3) is 2.05. The highest BCUT2D eigenvalue weighted by Gasteiger charge is 2.25. The second-order valence-corrected chi connectivity index (χ2v) is 9.02. The van der Waals surface area contributed by atoms with Gasteiger partial charge in [-0.1, -0.05) is 19.9 Å². The normalized spacial score (nSPS) is 12.6. The lowest BCUT2D eigenvalue weighted by molar-refractivity contribution is -0.643. The summed E-state index contributed by atoms with van der Waals surface area (Å²) in [6.07, 6.45) is 2.16. The molecule has 0 aliphatic heterocycles. The molecule has 3 heterocycles. The molecule has 0 unspecified atom stereocenters. The standard InChI is InChI=1S/C27H24FN2/c1-14(2)18-11-17-8-9-29(5)27-24-16(4)15(3)10-21-20-13-19(28)6-7-22(20)30(26(21)24)23(12-18)25(17)27/h6-14H,1-5H3/q+1. The number of rotatable bonds is 1. The van der Waals surface area contributed by atoms with Crippen LogP contribution >= 0.6 is 0 Å². The van der Waals surface area contributed by atoms with Gasteiger partial charge >= 0.3 is 0 Å². The highest BCUT2D eigenvalue weighted by atomic mass is 19.1. The average molecular weight is 396 g/mol. The maximum absolute atomic E-state index is 14.3. The van der Waals surface area contributed by atoms with Gasteiger partial charge < -0.3 is 4.40 Å². The molecule has 2 nitrogen and oxygen atoms in total. The molecule has 0 saturated heterocycles. The number of aryl methyl sites for hydroxylation is 3. The van der Waals surface area contributed by atoms with Gasteiger partial charge in [0.05, 0.1) is 27.3 Å². The molecule has 0 N–H and O–H groups in total. The Balaban J connectivity index is 2.09. The van der Waals surface area contributed by atoms with Gasteiger partial charge in [0.1, 0.15) is 12.9 Å². The number of fused-ring (bicyclic) bond motifs is 5. The van der Waals surface area contributed by atoms with E-state index in [-0.39, 0.29) is 5.82 Å². The molecular weight excluding hydrogens is 371 g/mol. The zero-order valence-electron chi connectivity index (χ0n) is 18.0. The largest absolute Gasteiger partial charge is 0.307 e. The smallest absolute Gasteiger partial charge is 0.224 e. The number of hydrogen-bond donors (Lipinski definition) is 0. The molecule has 0 radical (unpaired) electrons. The summed E-state index contributed by atoms with van der Waals surface area (Å²) in [6.45, 7) is 8.84. The zero-order valence-corrected chi connectivity index (χ0v) is 18.0. The maximum Gasteiger partial charge on any atom is 0.224 e. The van der Waals surface area contributed by atoms with Crippen LogP contribution in [0.1, 0.15) is 36.5 Å². The minimum Gasteiger partial charge on any atom is -0.307 e. The van der Waals surface area contributed by atoms with Gasteiger partial charge in [-0.25, -0.2) is 8.96 Å². The van der Waals surface area contributed by atoms with Crippen molar-refractivity contribution in [2.45, 2.75) is 33.6 Å². The first kappa shape index (κ1) is 17.6. The fourth-order valence-electron chi connectivity index (χ4n) is 5.23. The predicted octanol–water partition coefficient (Wildman–Crippen LogP) is 6.69. The Morgan fingerprint density at radius 2 is 1.70 bits per heavy atom. The van der Waals surface area contributed by atoms with Crippen molar-refractivity contribution in [3.8, 4) is 0 Å². The molecule has 148 valence electrons. The maximum atomic E-state index is 14.3. The van der Waals surface area contributed by atoms with E-state index in [0.29, 0.717) is 5.92 Å². The molecule has 0 aliphatic rings. The topological polar surface area (TPSA) is 8.29 Å². The lowest BCUT2D eigenvalue weighted by atomic mass is 9.94. The van der Waals surface area contributed by atoms with E-state index in [2.05, 4.69) is 74.2 Å². The Morgan fingerprint density at radius 3 is 2.47 bits per heavy atom. The van der Waals surface area contributed by atoms with Gasteiger partial charge in [0, 0.05) is 16.8 Å². The van der Waals surface area contributed by atoms with Gasteiger partial charge in [-0.15, -0.1) is 0 Å². The van der Waals surface area contributed by atoms with Crippen LogP contribution < -0.4 is 4.57 Å². The van der Waals surface area contributed by atoms with Crippen molar-refractivity contribution in [3.05, 3.63) is 71.2 Å². The van der Waals surface area contributed by atoms with Crippen LogP contribution in [-0.2, 0) is 7.05 Å². The third-order valence-corrected chi connectivity index (χ3v) is 6.91. The van der Waals surface area contributed by atoms with Crippen molar-refractivity contribution in [2.75, 3.05) is 0 Å². The van der Waals surface area contributed by atoms with Crippen molar-refractivity contribution >= 4 is 49.0 Å². The molecule has 0 bridgehead atoms. The highest BCUT2D eigenvalue weighted by Crippen LogP contribution is 2.42. The molecule has 3 aromatic carbocycles. The molecule has 3 aromatic heterocycles. The van der Waals surface area contributed by atoms with E-state index in [1.54, 1.807) is 12.1 Å².